The lowest BCUT2D eigenvalue weighted by Crippen LogP contribution is -2.53. The monoisotopic (exact) mass is 710 g/mol. The number of nitrogens with two attached hydrogens (primary N) is 1. The largest absolute Gasteiger partial charge is 0.461 e. The van der Waals surface area contributed by atoms with Crippen molar-refractivity contribution in [2.24, 2.45) is 5.92 Å². The van der Waals surface area contributed by atoms with Crippen LogP contribution in [0.3, 0.4) is 0 Å². The number of pyridine rings is 2. The van der Waals surface area contributed by atoms with E-state index in [-0.39, 0.29) is 52.6 Å². The molecular weight excluding hydrogens is 673 g/mol. The highest BCUT2D eigenvalue weighted by atomic mass is 19.1. The van der Waals surface area contributed by atoms with Gasteiger partial charge >= 0.3 is 6.01 Å². The van der Waals surface area contributed by atoms with Crippen LogP contribution < -0.4 is 15.4 Å². The summed E-state index contributed by atoms with van der Waals surface area (Å²) in [5.41, 5.74) is 5.88. The van der Waals surface area contributed by atoms with Crippen molar-refractivity contribution in [3.05, 3.63) is 72.0 Å². The summed E-state index contributed by atoms with van der Waals surface area (Å²) in [7, 11) is 1.82. The van der Waals surface area contributed by atoms with Crippen LogP contribution in [0.2, 0.25) is 0 Å². The molecule has 0 radical (unpaired) electrons. The number of carbonyl (C=O) groups excluding carboxylic acids is 1. The lowest BCUT2D eigenvalue weighted by Gasteiger charge is -2.40. The highest BCUT2D eigenvalue weighted by Crippen LogP contribution is 2.41. The summed E-state index contributed by atoms with van der Waals surface area (Å²) in [6.45, 7) is 4.60. The normalized spacial score (nSPS) is 20.6. The van der Waals surface area contributed by atoms with E-state index in [1.54, 1.807) is 42.3 Å². The first-order valence-electron chi connectivity index (χ1n) is 17.3. The number of nitrogens with zero attached hydrogens (tertiary/aromatic N) is 9. The van der Waals surface area contributed by atoms with Gasteiger partial charge in [0.25, 0.3) is 0 Å². The first kappa shape index (κ1) is 33.7. The molecule has 3 saturated heterocycles. The van der Waals surface area contributed by atoms with Crippen molar-refractivity contribution in [1.29, 1.82) is 0 Å². The Morgan fingerprint density at radius 3 is 2.79 bits per heavy atom. The summed E-state index contributed by atoms with van der Waals surface area (Å²) < 4.78 is 52.6. The maximum atomic E-state index is 16.7. The zero-order valence-corrected chi connectivity index (χ0v) is 28.8. The minimum atomic E-state index is -0.948. The van der Waals surface area contributed by atoms with Crippen LogP contribution in [0.25, 0.3) is 39.1 Å². The maximum absolute atomic E-state index is 16.7. The molecule has 12 nitrogen and oxygen atoms in total. The molecule has 1 amide bonds. The summed E-state index contributed by atoms with van der Waals surface area (Å²) in [4.78, 5) is 44.9. The number of halogens is 3. The third-order valence-electron chi connectivity index (χ3n) is 10.3. The average Bonchev–Trinajstić information content (AvgIpc) is 3.63. The Kier molecular flexibility index (Phi) is 8.60. The van der Waals surface area contributed by atoms with Crippen LogP contribution in [0.5, 0.6) is 6.01 Å². The quantitative estimate of drug-likeness (QED) is 0.212. The number of hydrogen-bond donors (Lipinski definition) is 1. The summed E-state index contributed by atoms with van der Waals surface area (Å²) in [6, 6.07) is 7.66. The van der Waals surface area contributed by atoms with E-state index in [1.807, 2.05) is 11.9 Å². The predicted octanol–water partition coefficient (Wildman–Crippen LogP) is 4.76. The van der Waals surface area contributed by atoms with Crippen molar-refractivity contribution in [3.63, 3.8) is 0 Å². The van der Waals surface area contributed by atoms with Crippen molar-refractivity contribution in [3.8, 4) is 17.4 Å². The number of likely N-dealkylation sites (tertiary alicyclic amines) is 1. The Morgan fingerprint density at radius 1 is 1.12 bits per heavy atom. The van der Waals surface area contributed by atoms with Gasteiger partial charge in [-0.05, 0) is 56.0 Å². The van der Waals surface area contributed by atoms with E-state index in [2.05, 4.69) is 29.8 Å². The van der Waals surface area contributed by atoms with Gasteiger partial charge < -0.3 is 20.3 Å². The van der Waals surface area contributed by atoms with Crippen LogP contribution in [0.4, 0.5) is 24.8 Å². The standard InChI is InChI=1S/C37H37F3N10O2/c1-21-42-11-9-25(44-21)7-8-29(51)49-17-22(18-49)16-48(2)35-26-15-43-34(33-30-23(13-28(41)45-33)5-3-6-27(30)39)31(40)32(26)46-36(47-35)52-20-37-10-4-12-50(37)19-24(38)14-37/h3,5-9,11,13,15,22,24H,4,10,12,14,16-20H2,1-2H3,(H2,41,45)/b8-7+/t24-,37+/m1/s1. The molecule has 4 aromatic heterocycles. The number of aromatic nitrogens is 6. The predicted molar refractivity (Wildman–Crippen MR) is 190 cm³/mol. The van der Waals surface area contributed by atoms with Gasteiger partial charge in [-0.3, -0.25) is 14.7 Å². The molecule has 5 aromatic rings. The third kappa shape index (κ3) is 6.22. The van der Waals surface area contributed by atoms with Crippen LogP contribution in [-0.2, 0) is 4.79 Å². The van der Waals surface area contributed by atoms with Gasteiger partial charge in [-0.1, -0.05) is 12.1 Å². The van der Waals surface area contributed by atoms with Gasteiger partial charge in [-0.25, -0.2) is 28.1 Å². The van der Waals surface area contributed by atoms with E-state index in [9.17, 15) is 9.18 Å². The highest BCUT2D eigenvalue weighted by Gasteiger charge is 2.49. The van der Waals surface area contributed by atoms with Gasteiger partial charge in [-0.15, -0.1) is 0 Å². The molecule has 1 aromatic carbocycles. The Hall–Kier alpha value is -5.44. The smallest absolute Gasteiger partial charge is 0.319 e. The van der Waals surface area contributed by atoms with Crippen LogP contribution in [0.15, 0.2) is 48.8 Å². The second kappa shape index (κ2) is 13.3. The van der Waals surface area contributed by atoms with Gasteiger partial charge in [0.2, 0.25) is 5.91 Å². The lowest BCUT2D eigenvalue weighted by atomic mass is 9.95. The number of fused-ring (bicyclic) bond motifs is 3. The molecule has 2 atom stereocenters. The van der Waals surface area contributed by atoms with E-state index < -0.39 is 23.3 Å². The fourth-order valence-corrected chi connectivity index (χ4v) is 7.82. The number of hydrogen-bond acceptors (Lipinski definition) is 11. The first-order chi connectivity index (χ1) is 25.1. The minimum absolute atomic E-state index is 0.0490. The summed E-state index contributed by atoms with van der Waals surface area (Å²) >= 11 is 0. The van der Waals surface area contributed by atoms with Crippen LogP contribution in [-0.4, -0.2) is 104 Å². The first-order valence-corrected chi connectivity index (χ1v) is 17.3. The number of carbonyl (C=O) groups is 1. The van der Waals surface area contributed by atoms with Crippen LogP contribution in [0, 0.1) is 24.5 Å². The molecule has 268 valence electrons. The molecule has 0 bridgehead atoms. The molecule has 3 aliphatic heterocycles. The molecule has 0 spiro atoms. The zero-order chi connectivity index (χ0) is 36.1. The zero-order valence-electron chi connectivity index (χ0n) is 28.8. The van der Waals surface area contributed by atoms with E-state index >= 15 is 8.78 Å². The molecule has 2 N–H and O–H groups in total. The maximum Gasteiger partial charge on any atom is 0.319 e. The number of ether oxygens (including phenoxy) is 1. The number of alkyl halides is 1. The average molecular weight is 711 g/mol. The summed E-state index contributed by atoms with van der Waals surface area (Å²) in [5.74, 6) is -0.380. The third-order valence-corrected chi connectivity index (χ3v) is 10.3. The molecule has 52 heavy (non-hydrogen) atoms. The molecule has 0 unspecified atom stereocenters. The fraction of sp³-hybridized carbons (Fsp3) is 0.378. The van der Waals surface area contributed by atoms with Gasteiger partial charge in [0.15, 0.2) is 5.82 Å². The van der Waals surface area contributed by atoms with Gasteiger partial charge in [-0.2, -0.15) is 9.97 Å². The lowest BCUT2D eigenvalue weighted by molar-refractivity contribution is -0.131. The van der Waals surface area contributed by atoms with Crippen LogP contribution >= 0.6 is 0 Å². The highest BCUT2D eigenvalue weighted by molar-refractivity contribution is 5.99. The van der Waals surface area contributed by atoms with Crippen LogP contribution in [0.1, 0.15) is 30.8 Å². The summed E-state index contributed by atoms with van der Waals surface area (Å²) in [5, 5.41) is 0.843. The van der Waals surface area contributed by atoms with Gasteiger partial charge in [0.05, 0.1) is 16.6 Å². The Bertz CT molecular complexity index is 2230. The van der Waals surface area contributed by atoms with Gasteiger partial charge in [0.1, 0.15) is 53.0 Å². The Labute approximate surface area is 297 Å². The van der Waals surface area contributed by atoms with Crippen molar-refractivity contribution in [2.75, 3.05) is 57.0 Å². The molecule has 3 aliphatic rings. The number of rotatable bonds is 9. The molecule has 8 rings (SSSR count). The molecule has 0 saturated carbocycles. The van der Waals surface area contributed by atoms with Crippen molar-refractivity contribution in [2.45, 2.75) is 37.9 Å². The Balaban J connectivity index is 1.09. The summed E-state index contributed by atoms with van der Waals surface area (Å²) in [6.07, 6.45) is 7.36. The van der Waals surface area contributed by atoms with Crippen molar-refractivity contribution in [1.82, 2.24) is 39.7 Å². The van der Waals surface area contributed by atoms with E-state index in [0.717, 1.165) is 19.4 Å². The second-order valence-electron chi connectivity index (χ2n) is 14.0. The molecule has 3 fully saturated rings. The van der Waals surface area contributed by atoms with E-state index in [1.165, 1.54) is 24.4 Å². The number of aryl methyl sites for hydroxylation is 1. The number of amides is 1. The minimum Gasteiger partial charge on any atom is -0.461 e. The topological polar surface area (TPSA) is 139 Å². The second-order valence-corrected chi connectivity index (χ2v) is 14.0. The molecular formula is C37H37F3N10O2. The van der Waals surface area contributed by atoms with E-state index in [4.69, 9.17) is 15.5 Å². The molecule has 0 aliphatic carbocycles. The van der Waals surface area contributed by atoms with Gasteiger partial charge in [0, 0.05) is 69.4 Å². The van der Waals surface area contributed by atoms with Crippen molar-refractivity contribution >= 4 is 45.3 Å². The Morgan fingerprint density at radius 2 is 1.96 bits per heavy atom. The number of benzene rings is 1. The molecule has 7 heterocycles. The SMILES string of the molecule is Cc1nccc(/C=C/C(=O)N2CC(CN(C)c3nc(OC[C@@]45CCCN4C[C@H](F)C5)nc4c(F)c(-c5nc(N)cc6cccc(F)c56)ncc34)C2)n1. The fourth-order valence-electron chi connectivity index (χ4n) is 7.82. The number of anilines is 2. The molecule has 15 heteroatoms. The van der Waals surface area contributed by atoms with E-state index in [0.29, 0.717) is 60.7 Å². The van der Waals surface area contributed by atoms with Crippen molar-refractivity contribution < 1.29 is 22.7 Å². The number of nitrogen functional groups attached to an aromatic ring is 1.